The van der Waals surface area contributed by atoms with Crippen LogP contribution in [-0.4, -0.2) is 15.6 Å². The van der Waals surface area contributed by atoms with Crippen LogP contribution in [0.2, 0.25) is 0 Å². The van der Waals surface area contributed by atoms with E-state index < -0.39 is 5.97 Å². The molecule has 1 heterocycles. The minimum absolute atomic E-state index is 0.0204. The monoisotopic (exact) mass is 259 g/mol. The SMILES string of the molecule is Cc1ccc2c(c1)c(C)c(CCC(=O)O)c(=O)n2C. The van der Waals surface area contributed by atoms with Gasteiger partial charge in [-0.15, -0.1) is 0 Å². The van der Waals surface area contributed by atoms with Crippen molar-refractivity contribution in [3.8, 4) is 0 Å². The summed E-state index contributed by atoms with van der Waals surface area (Å²) in [6.45, 7) is 3.89. The molecule has 0 saturated heterocycles. The maximum atomic E-state index is 12.3. The molecule has 0 aliphatic carbocycles. The summed E-state index contributed by atoms with van der Waals surface area (Å²) in [5, 5.41) is 9.79. The van der Waals surface area contributed by atoms with E-state index in [-0.39, 0.29) is 18.4 Å². The molecule has 0 amide bonds. The van der Waals surface area contributed by atoms with Crippen molar-refractivity contribution in [1.29, 1.82) is 0 Å². The van der Waals surface area contributed by atoms with E-state index in [2.05, 4.69) is 0 Å². The van der Waals surface area contributed by atoms with Gasteiger partial charge in [0.25, 0.3) is 5.56 Å². The number of carboxylic acid groups (broad SMARTS) is 1. The molecule has 0 spiro atoms. The second-order valence-electron chi connectivity index (χ2n) is 4.88. The first-order valence-corrected chi connectivity index (χ1v) is 6.22. The lowest BCUT2D eigenvalue weighted by Gasteiger charge is -2.13. The van der Waals surface area contributed by atoms with Crippen molar-refractivity contribution < 1.29 is 9.90 Å². The first-order chi connectivity index (χ1) is 8.91. The Kier molecular flexibility index (Phi) is 3.42. The maximum absolute atomic E-state index is 12.3. The molecule has 1 aromatic heterocycles. The van der Waals surface area contributed by atoms with Gasteiger partial charge in [0.15, 0.2) is 0 Å². The molecular weight excluding hydrogens is 242 g/mol. The first-order valence-electron chi connectivity index (χ1n) is 6.22. The highest BCUT2D eigenvalue weighted by Crippen LogP contribution is 2.21. The van der Waals surface area contributed by atoms with E-state index in [0.29, 0.717) is 5.56 Å². The van der Waals surface area contributed by atoms with Crippen molar-refractivity contribution in [2.75, 3.05) is 0 Å². The van der Waals surface area contributed by atoms with Gasteiger partial charge >= 0.3 is 5.97 Å². The highest BCUT2D eigenvalue weighted by molar-refractivity contribution is 5.84. The molecule has 0 unspecified atom stereocenters. The van der Waals surface area contributed by atoms with E-state index in [1.165, 1.54) is 0 Å². The van der Waals surface area contributed by atoms with Crippen LogP contribution < -0.4 is 5.56 Å². The summed E-state index contributed by atoms with van der Waals surface area (Å²) in [5.41, 5.74) is 3.40. The van der Waals surface area contributed by atoms with Crippen molar-refractivity contribution in [2.24, 2.45) is 7.05 Å². The molecule has 4 heteroatoms. The topological polar surface area (TPSA) is 59.3 Å². The molecule has 2 aromatic rings. The minimum atomic E-state index is -0.884. The van der Waals surface area contributed by atoms with Crippen LogP contribution in [0.3, 0.4) is 0 Å². The van der Waals surface area contributed by atoms with Gasteiger partial charge in [0.1, 0.15) is 0 Å². The molecule has 0 aliphatic rings. The number of fused-ring (bicyclic) bond motifs is 1. The van der Waals surface area contributed by atoms with E-state index in [1.807, 2.05) is 32.0 Å². The van der Waals surface area contributed by atoms with E-state index in [4.69, 9.17) is 5.11 Å². The molecule has 2 rings (SSSR count). The molecular formula is C15H17NO3. The Balaban J connectivity index is 2.71. The number of aryl methyl sites for hydroxylation is 3. The summed E-state index contributed by atoms with van der Waals surface area (Å²) >= 11 is 0. The zero-order valence-electron chi connectivity index (χ0n) is 11.4. The summed E-state index contributed by atoms with van der Waals surface area (Å²) in [6.07, 6.45) is 0.255. The second-order valence-corrected chi connectivity index (χ2v) is 4.88. The summed E-state index contributed by atoms with van der Waals surface area (Å²) in [4.78, 5) is 23.0. The van der Waals surface area contributed by atoms with Gasteiger partial charge in [-0.05, 0) is 38.0 Å². The van der Waals surface area contributed by atoms with Crippen LogP contribution in [0.1, 0.15) is 23.1 Å². The van der Waals surface area contributed by atoms with Crippen LogP contribution >= 0.6 is 0 Å². The maximum Gasteiger partial charge on any atom is 0.303 e. The Morgan fingerprint density at radius 3 is 2.63 bits per heavy atom. The molecule has 100 valence electrons. The molecule has 0 saturated carbocycles. The van der Waals surface area contributed by atoms with Crippen molar-refractivity contribution in [2.45, 2.75) is 26.7 Å². The highest BCUT2D eigenvalue weighted by atomic mass is 16.4. The van der Waals surface area contributed by atoms with Crippen molar-refractivity contribution in [3.05, 3.63) is 45.2 Å². The van der Waals surface area contributed by atoms with Crippen LogP contribution in [-0.2, 0) is 18.3 Å². The van der Waals surface area contributed by atoms with Crippen LogP contribution in [0.4, 0.5) is 0 Å². The fourth-order valence-corrected chi connectivity index (χ4v) is 2.40. The number of carbonyl (C=O) groups is 1. The summed E-state index contributed by atoms with van der Waals surface area (Å²) < 4.78 is 1.60. The highest BCUT2D eigenvalue weighted by Gasteiger charge is 2.13. The normalized spacial score (nSPS) is 10.9. The number of pyridine rings is 1. The summed E-state index contributed by atoms with van der Waals surface area (Å²) in [6, 6.07) is 5.94. The fraction of sp³-hybridized carbons (Fsp3) is 0.333. The fourth-order valence-electron chi connectivity index (χ4n) is 2.40. The summed E-state index contributed by atoms with van der Waals surface area (Å²) in [7, 11) is 1.73. The molecule has 1 aromatic carbocycles. The predicted octanol–water partition coefficient (Wildman–Crippen LogP) is 2.17. The molecule has 0 fully saturated rings. The third kappa shape index (κ3) is 2.38. The predicted molar refractivity (Wildman–Crippen MR) is 74.6 cm³/mol. The zero-order valence-corrected chi connectivity index (χ0v) is 11.4. The van der Waals surface area contributed by atoms with E-state index >= 15 is 0 Å². The van der Waals surface area contributed by atoms with E-state index in [0.717, 1.165) is 22.0 Å². The zero-order chi connectivity index (χ0) is 14.2. The Morgan fingerprint density at radius 1 is 1.32 bits per heavy atom. The van der Waals surface area contributed by atoms with Gasteiger partial charge in [-0.1, -0.05) is 11.6 Å². The van der Waals surface area contributed by atoms with Crippen molar-refractivity contribution >= 4 is 16.9 Å². The third-order valence-electron chi connectivity index (χ3n) is 3.52. The van der Waals surface area contributed by atoms with Gasteiger partial charge in [0, 0.05) is 24.4 Å². The van der Waals surface area contributed by atoms with Crippen LogP contribution in [0, 0.1) is 13.8 Å². The van der Waals surface area contributed by atoms with Gasteiger partial charge in [0.05, 0.1) is 5.52 Å². The Bertz CT molecular complexity index is 713. The van der Waals surface area contributed by atoms with Crippen molar-refractivity contribution in [1.82, 2.24) is 4.57 Å². The molecule has 0 bridgehead atoms. The largest absolute Gasteiger partial charge is 0.481 e. The van der Waals surface area contributed by atoms with Crippen molar-refractivity contribution in [3.63, 3.8) is 0 Å². The van der Waals surface area contributed by atoms with E-state index in [9.17, 15) is 9.59 Å². The van der Waals surface area contributed by atoms with Gasteiger partial charge in [0.2, 0.25) is 0 Å². The number of rotatable bonds is 3. The number of aliphatic carboxylic acids is 1. The number of hydrogen-bond donors (Lipinski definition) is 1. The van der Waals surface area contributed by atoms with Crippen LogP contribution in [0.25, 0.3) is 10.9 Å². The average molecular weight is 259 g/mol. The Labute approximate surface area is 111 Å². The lowest BCUT2D eigenvalue weighted by atomic mass is 9.99. The first kappa shape index (κ1) is 13.3. The molecule has 1 N–H and O–H groups in total. The molecule has 0 atom stereocenters. The molecule has 19 heavy (non-hydrogen) atoms. The number of benzene rings is 1. The molecule has 0 aliphatic heterocycles. The Morgan fingerprint density at radius 2 is 2.00 bits per heavy atom. The number of nitrogens with zero attached hydrogens (tertiary/aromatic N) is 1. The number of hydrogen-bond acceptors (Lipinski definition) is 2. The molecule has 0 radical (unpaired) electrons. The molecule has 4 nitrogen and oxygen atoms in total. The second kappa shape index (κ2) is 4.88. The smallest absolute Gasteiger partial charge is 0.303 e. The number of carboxylic acids is 1. The summed E-state index contributed by atoms with van der Waals surface area (Å²) in [5.74, 6) is -0.884. The lowest BCUT2D eigenvalue weighted by molar-refractivity contribution is -0.136. The van der Waals surface area contributed by atoms with Crippen LogP contribution in [0.5, 0.6) is 0 Å². The van der Waals surface area contributed by atoms with Gasteiger partial charge < -0.3 is 9.67 Å². The lowest BCUT2D eigenvalue weighted by Crippen LogP contribution is -2.23. The standard InChI is InChI=1S/C15H17NO3/c1-9-4-6-13-12(8-9)10(2)11(5-7-14(17)18)15(19)16(13)3/h4,6,8H,5,7H2,1-3H3,(H,17,18). The minimum Gasteiger partial charge on any atom is -0.481 e. The van der Waals surface area contributed by atoms with Gasteiger partial charge in [-0.25, -0.2) is 0 Å². The van der Waals surface area contributed by atoms with Gasteiger partial charge in [-0.2, -0.15) is 0 Å². The Hall–Kier alpha value is -2.10. The average Bonchev–Trinajstić information content (AvgIpc) is 2.35. The van der Waals surface area contributed by atoms with Crippen LogP contribution in [0.15, 0.2) is 23.0 Å². The van der Waals surface area contributed by atoms with E-state index in [1.54, 1.807) is 11.6 Å². The van der Waals surface area contributed by atoms with Gasteiger partial charge in [-0.3, -0.25) is 9.59 Å². The number of aromatic nitrogens is 1. The quantitative estimate of drug-likeness (QED) is 0.919. The third-order valence-corrected chi connectivity index (χ3v) is 3.52.